The van der Waals surface area contributed by atoms with Gasteiger partial charge in [-0.2, -0.15) is 21.6 Å². The van der Waals surface area contributed by atoms with Crippen LogP contribution in [-0.2, 0) is 21.3 Å². The molecule has 0 aliphatic heterocycles. The summed E-state index contributed by atoms with van der Waals surface area (Å²) in [4.78, 5) is 11.4. The molecule has 1 aromatic rings. The zero-order chi connectivity index (χ0) is 17.1. The van der Waals surface area contributed by atoms with Crippen LogP contribution in [0.3, 0.4) is 0 Å². The number of benzene rings is 1. The minimum atomic E-state index is -5.76. The van der Waals surface area contributed by atoms with E-state index in [1.54, 1.807) is 13.8 Å². The Morgan fingerprint density at radius 1 is 1.27 bits per heavy atom. The summed E-state index contributed by atoms with van der Waals surface area (Å²) in [6, 6.07) is 3.40. The molecular weight excluding hydrogens is 325 g/mol. The van der Waals surface area contributed by atoms with Crippen LogP contribution in [0.4, 0.5) is 13.2 Å². The van der Waals surface area contributed by atoms with Crippen molar-refractivity contribution in [2.75, 3.05) is 7.11 Å². The van der Waals surface area contributed by atoms with E-state index in [2.05, 4.69) is 8.92 Å². The highest BCUT2D eigenvalue weighted by Crippen LogP contribution is 2.30. The molecule has 1 aromatic carbocycles. The second kappa shape index (κ2) is 6.55. The maximum Gasteiger partial charge on any atom is 0.534 e. The van der Waals surface area contributed by atoms with Crippen molar-refractivity contribution in [1.82, 2.24) is 0 Å². The summed E-state index contributed by atoms with van der Waals surface area (Å²) in [5, 5.41) is 0. The van der Waals surface area contributed by atoms with E-state index in [4.69, 9.17) is 0 Å². The van der Waals surface area contributed by atoms with Crippen LogP contribution in [0, 0.1) is 5.92 Å². The Morgan fingerprint density at radius 2 is 1.86 bits per heavy atom. The number of esters is 1. The molecular formula is C13H15F3O5S. The first-order valence-corrected chi connectivity index (χ1v) is 7.60. The summed E-state index contributed by atoms with van der Waals surface area (Å²) in [6.45, 7) is 3.57. The van der Waals surface area contributed by atoms with Gasteiger partial charge in [0, 0.05) is 0 Å². The maximum absolute atomic E-state index is 12.4. The van der Waals surface area contributed by atoms with Gasteiger partial charge in [0.25, 0.3) is 0 Å². The largest absolute Gasteiger partial charge is 0.534 e. The van der Waals surface area contributed by atoms with E-state index < -0.39 is 27.3 Å². The number of rotatable bonds is 5. The molecule has 0 amide bonds. The van der Waals surface area contributed by atoms with Gasteiger partial charge in [0.1, 0.15) is 5.75 Å². The molecule has 5 nitrogen and oxygen atoms in total. The first-order valence-electron chi connectivity index (χ1n) is 6.20. The highest BCUT2D eigenvalue weighted by atomic mass is 32.2. The summed E-state index contributed by atoms with van der Waals surface area (Å²) < 4.78 is 68.0. The fourth-order valence-corrected chi connectivity index (χ4v) is 2.16. The molecule has 0 aliphatic carbocycles. The van der Waals surface area contributed by atoms with Gasteiger partial charge in [-0.1, -0.05) is 13.8 Å². The molecule has 0 spiro atoms. The van der Waals surface area contributed by atoms with Gasteiger partial charge in [0.2, 0.25) is 0 Å². The summed E-state index contributed by atoms with van der Waals surface area (Å²) in [6.07, 6.45) is 0.230. The number of alkyl halides is 3. The minimum Gasteiger partial charge on any atom is -0.465 e. The standard InChI is InChI=1S/C13H15F3O5S/c1-8(2)6-10-7-9(12(17)20-3)4-5-11(10)21-22(18,19)13(14,15)16/h4-5,7-8H,6H2,1-3H3. The number of hydrogen-bond donors (Lipinski definition) is 0. The van der Waals surface area contributed by atoms with Crippen LogP contribution in [0.25, 0.3) is 0 Å². The van der Waals surface area contributed by atoms with Gasteiger partial charge in [0.15, 0.2) is 0 Å². The van der Waals surface area contributed by atoms with E-state index in [0.717, 1.165) is 19.2 Å². The fraction of sp³-hybridized carbons (Fsp3) is 0.462. The predicted octanol–water partition coefficient (Wildman–Crippen LogP) is 2.90. The predicted molar refractivity (Wildman–Crippen MR) is 71.9 cm³/mol. The number of carbonyl (C=O) groups excluding carboxylic acids is 1. The second-order valence-corrected chi connectivity index (χ2v) is 6.43. The Balaban J connectivity index is 3.27. The lowest BCUT2D eigenvalue weighted by Gasteiger charge is -2.15. The third-order valence-corrected chi connectivity index (χ3v) is 3.56. The molecule has 0 unspecified atom stereocenters. The lowest BCUT2D eigenvalue weighted by atomic mass is 10.00. The van der Waals surface area contributed by atoms with E-state index in [0.29, 0.717) is 0 Å². The lowest BCUT2D eigenvalue weighted by molar-refractivity contribution is -0.0500. The molecule has 0 saturated carbocycles. The van der Waals surface area contributed by atoms with Crippen molar-refractivity contribution >= 4 is 16.1 Å². The Morgan fingerprint density at radius 3 is 2.32 bits per heavy atom. The Bertz CT molecular complexity index is 650. The van der Waals surface area contributed by atoms with Crippen LogP contribution in [0.5, 0.6) is 5.75 Å². The molecule has 9 heteroatoms. The first kappa shape index (κ1) is 18.3. The number of ether oxygens (including phenoxy) is 1. The average Bonchev–Trinajstić information content (AvgIpc) is 2.37. The van der Waals surface area contributed by atoms with Crippen molar-refractivity contribution in [2.24, 2.45) is 5.92 Å². The minimum absolute atomic E-state index is 0.00355. The van der Waals surface area contributed by atoms with Gasteiger partial charge in [-0.15, -0.1) is 0 Å². The Hall–Kier alpha value is -1.77. The highest BCUT2D eigenvalue weighted by molar-refractivity contribution is 7.88. The van der Waals surface area contributed by atoms with Crippen LogP contribution >= 0.6 is 0 Å². The molecule has 0 heterocycles. The van der Waals surface area contributed by atoms with Crippen molar-refractivity contribution in [1.29, 1.82) is 0 Å². The SMILES string of the molecule is COC(=O)c1ccc(OS(=O)(=O)C(F)(F)F)c(CC(C)C)c1. The molecule has 0 fully saturated rings. The van der Waals surface area contributed by atoms with Gasteiger partial charge in [-0.25, -0.2) is 4.79 Å². The monoisotopic (exact) mass is 340 g/mol. The zero-order valence-corrected chi connectivity index (χ0v) is 12.9. The van der Waals surface area contributed by atoms with Crippen LogP contribution < -0.4 is 4.18 Å². The van der Waals surface area contributed by atoms with Crippen molar-refractivity contribution in [3.05, 3.63) is 29.3 Å². The number of hydrogen-bond acceptors (Lipinski definition) is 5. The Labute approximate surface area is 126 Å². The molecule has 0 saturated heterocycles. The summed E-state index contributed by atoms with van der Waals surface area (Å²) in [7, 11) is -4.61. The topological polar surface area (TPSA) is 69.7 Å². The average molecular weight is 340 g/mol. The van der Waals surface area contributed by atoms with E-state index in [1.807, 2.05) is 0 Å². The van der Waals surface area contributed by atoms with Crippen molar-refractivity contribution < 1.29 is 35.3 Å². The van der Waals surface area contributed by atoms with E-state index in [9.17, 15) is 26.4 Å². The molecule has 0 aromatic heterocycles. The molecule has 1 rings (SSSR count). The third kappa shape index (κ3) is 4.36. The number of halogens is 3. The number of carbonyl (C=O) groups is 1. The maximum atomic E-state index is 12.4. The van der Waals surface area contributed by atoms with Crippen molar-refractivity contribution in [2.45, 2.75) is 25.8 Å². The number of methoxy groups -OCH3 is 1. The van der Waals surface area contributed by atoms with Crippen LogP contribution in [0.2, 0.25) is 0 Å². The zero-order valence-electron chi connectivity index (χ0n) is 12.1. The van der Waals surface area contributed by atoms with Gasteiger partial charge in [-0.05, 0) is 36.1 Å². The highest BCUT2D eigenvalue weighted by Gasteiger charge is 2.48. The van der Waals surface area contributed by atoms with Gasteiger partial charge < -0.3 is 8.92 Å². The first-order chi connectivity index (χ1) is 9.98. The molecule has 124 valence electrons. The van der Waals surface area contributed by atoms with Crippen molar-refractivity contribution in [3.63, 3.8) is 0 Å². The fourth-order valence-electron chi connectivity index (χ4n) is 1.67. The Kier molecular flexibility index (Phi) is 5.44. The third-order valence-electron chi connectivity index (χ3n) is 2.59. The molecule has 0 radical (unpaired) electrons. The molecule has 0 aliphatic rings. The molecule has 22 heavy (non-hydrogen) atoms. The molecule has 0 atom stereocenters. The summed E-state index contributed by atoms with van der Waals surface area (Å²) in [5.74, 6) is -1.14. The van der Waals surface area contributed by atoms with Crippen LogP contribution in [0.15, 0.2) is 18.2 Å². The lowest BCUT2D eigenvalue weighted by Crippen LogP contribution is -2.28. The normalized spacial score (nSPS) is 12.3. The van der Waals surface area contributed by atoms with E-state index in [-0.39, 0.29) is 23.5 Å². The van der Waals surface area contributed by atoms with Gasteiger partial charge >= 0.3 is 21.6 Å². The second-order valence-electron chi connectivity index (χ2n) is 4.90. The summed E-state index contributed by atoms with van der Waals surface area (Å²) >= 11 is 0. The van der Waals surface area contributed by atoms with Crippen LogP contribution in [0.1, 0.15) is 29.8 Å². The van der Waals surface area contributed by atoms with Gasteiger partial charge in [-0.3, -0.25) is 0 Å². The smallest absolute Gasteiger partial charge is 0.465 e. The van der Waals surface area contributed by atoms with Crippen LogP contribution in [-0.4, -0.2) is 27.0 Å². The van der Waals surface area contributed by atoms with Crippen molar-refractivity contribution in [3.8, 4) is 5.75 Å². The molecule has 0 N–H and O–H groups in total. The van der Waals surface area contributed by atoms with Gasteiger partial charge in [0.05, 0.1) is 12.7 Å². The van der Waals surface area contributed by atoms with E-state index in [1.165, 1.54) is 6.07 Å². The quantitative estimate of drug-likeness (QED) is 0.468. The summed E-state index contributed by atoms with van der Waals surface area (Å²) in [5.41, 5.74) is -5.26. The van der Waals surface area contributed by atoms with E-state index >= 15 is 0 Å². The molecule has 0 bridgehead atoms.